The number of benzene rings is 2. The van der Waals surface area contributed by atoms with Crippen LogP contribution in [0.15, 0.2) is 42.5 Å². The molecule has 0 heterocycles. The smallest absolute Gasteiger partial charge is 0.335 e. The maximum Gasteiger partial charge on any atom is 0.335 e. The minimum atomic E-state index is -1.00. The lowest BCUT2D eigenvalue weighted by molar-refractivity contribution is 0.0697. The first-order chi connectivity index (χ1) is 8.61. The number of phenolic OH excluding ortho intramolecular Hbond substituents is 1. The van der Waals surface area contributed by atoms with Crippen LogP contribution in [0, 0.1) is 0 Å². The summed E-state index contributed by atoms with van der Waals surface area (Å²) >= 11 is 0. The summed E-state index contributed by atoms with van der Waals surface area (Å²) in [5, 5.41) is 18.4. The molecule has 4 heteroatoms. The molecule has 4 nitrogen and oxygen atoms in total. The van der Waals surface area contributed by atoms with Gasteiger partial charge in [0.1, 0.15) is 11.5 Å². The summed E-state index contributed by atoms with van der Waals surface area (Å²) in [5.74, 6) is -0.320. The Labute approximate surface area is 104 Å². The van der Waals surface area contributed by atoms with Gasteiger partial charge in [0.25, 0.3) is 0 Å². The third-order valence-corrected chi connectivity index (χ3v) is 2.60. The first-order valence-electron chi connectivity index (χ1n) is 5.32. The second-order valence-electron chi connectivity index (χ2n) is 3.77. The molecule has 0 aliphatic heterocycles. The van der Waals surface area contributed by atoms with E-state index in [2.05, 4.69) is 0 Å². The van der Waals surface area contributed by atoms with Crippen LogP contribution >= 0.6 is 0 Å². The first kappa shape index (κ1) is 12.0. The first-order valence-corrected chi connectivity index (χ1v) is 5.32. The normalized spacial score (nSPS) is 10.1. The van der Waals surface area contributed by atoms with Crippen LogP contribution in [0.3, 0.4) is 0 Å². The van der Waals surface area contributed by atoms with Crippen LogP contribution in [-0.2, 0) is 0 Å². The number of hydrogen-bond acceptors (Lipinski definition) is 3. The van der Waals surface area contributed by atoms with Gasteiger partial charge in [0.05, 0.1) is 12.7 Å². The summed E-state index contributed by atoms with van der Waals surface area (Å²) in [7, 11) is 1.52. The Morgan fingerprint density at radius 3 is 2.56 bits per heavy atom. The summed E-state index contributed by atoms with van der Waals surface area (Å²) < 4.78 is 5.20. The van der Waals surface area contributed by atoms with Gasteiger partial charge in [-0.1, -0.05) is 12.1 Å². The summed E-state index contributed by atoms with van der Waals surface area (Å²) in [5.41, 5.74) is 1.51. The highest BCUT2D eigenvalue weighted by atomic mass is 16.5. The third kappa shape index (κ3) is 2.27. The van der Waals surface area contributed by atoms with Gasteiger partial charge in [-0.15, -0.1) is 0 Å². The molecular formula is C14H12O4. The highest BCUT2D eigenvalue weighted by Crippen LogP contribution is 2.32. The van der Waals surface area contributed by atoms with Crippen LogP contribution in [0.2, 0.25) is 0 Å². The standard InChI is InChI=1S/C14H12O4/c1-18-13-6-5-10(14(16)17)8-12(13)9-3-2-4-11(15)7-9/h2-8,15H,1H3,(H,16,17). The van der Waals surface area contributed by atoms with E-state index in [1.54, 1.807) is 30.3 Å². The fourth-order valence-electron chi connectivity index (χ4n) is 1.74. The Bertz CT molecular complexity index is 590. The van der Waals surface area contributed by atoms with Gasteiger partial charge in [0.2, 0.25) is 0 Å². The van der Waals surface area contributed by atoms with E-state index in [-0.39, 0.29) is 11.3 Å². The molecule has 0 saturated heterocycles. The molecule has 2 N–H and O–H groups in total. The molecule has 0 fully saturated rings. The number of ether oxygens (including phenoxy) is 1. The van der Waals surface area contributed by atoms with Crippen LogP contribution in [0.25, 0.3) is 11.1 Å². The Balaban J connectivity index is 2.60. The van der Waals surface area contributed by atoms with Crippen LogP contribution in [0.5, 0.6) is 11.5 Å². The Kier molecular flexibility index (Phi) is 3.19. The van der Waals surface area contributed by atoms with E-state index in [0.29, 0.717) is 16.9 Å². The average molecular weight is 244 g/mol. The number of aromatic hydroxyl groups is 1. The molecule has 0 atom stereocenters. The highest BCUT2D eigenvalue weighted by Gasteiger charge is 2.11. The fourth-order valence-corrected chi connectivity index (χ4v) is 1.74. The van der Waals surface area contributed by atoms with Gasteiger partial charge >= 0.3 is 5.97 Å². The lowest BCUT2D eigenvalue weighted by Crippen LogP contribution is -1.97. The van der Waals surface area contributed by atoms with Crippen LogP contribution in [0.4, 0.5) is 0 Å². The molecule has 0 aliphatic rings. The predicted octanol–water partition coefficient (Wildman–Crippen LogP) is 2.77. The molecule has 0 saturated carbocycles. The SMILES string of the molecule is COc1ccc(C(=O)O)cc1-c1cccc(O)c1. The van der Waals surface area contributed by atoms with Crippen LogP contribution in [0.1, 0.15) is 10.4 Å². The number of aromatic carboxylic acids is 1. The predicted molar refractivity (Wildman–Crippen MR) is 67.1 cm³/mol. The molecule has 2 aromatic rings. The zero-order valence-electron chi connectivity index (χ0n) is 9.75. The number of carboxylic acids is 1. The number of carboxylic acid groups (broad SMARTS) is 1. The van der Waals surface area contributed by atoms with Crippen molar-refractivity contribution in [2.24, 2.45) is 0 Å². The zero-order valence-corrected chi connectivity index (χ0v) is 9.75. The van der Waals surface area contributed by atoms with Gasteiger partial charge in [0, 0.05) is 5.56 Å². The molecule has 0 amide bonds. The topological polar surface area (TPSA) is 66.8 Å². The largest absolute Gasteiger partial charge is 0.508 e. The quantitative estimate of drug-likeness (QED) is 0.871. The van der Waals surface area contributed by atoms with Crippen molar-refractivity contribution in [2.45, 2.75) is 0 Å². The van der Waals surface area contributed by atoms with Gasteiger partial charge in [-0.2, -0.15) is 0 Å². The number of phenols is 1. The Morgan fingerprint density at radius 2 is 1.94 bits per heavy atom. The molecule has 0 unspecified atom stereocenters. The third-order valence-electron chi connectivity index (χ3n) is 2.60. The lowest BCUT2D eigenvalue weighted by atomic mass is 10.0. The fraction of sp³-hybridized carbons (Fsp3) is 0.0714. The van der Waals surface area contributed by atoms with E-state index < -0.39 is 5.97 Å². The molecular weight excluding hydrogens is 232 g/mol. The van der Waals surface area contributed by atoms with Crippen molar-refractivity contribution in [1.29, 1.82) is 0 Å². The van der Waals surface area contributed by atoms with Gasteiger partial charge in [0.15, 0.2) is 0 Å². The molecule has 0 bridgehead atoms. The Morgan fingerprint density at radius 1 is 1.17 bits per heavy atom. The van der Waals surface area contributed by atoms with Crippen molar-refractivity contribution in [2.75, 3.05) is 7.11 Å². The van der Waals surface area contributed by atoms with E-state index in [1.807, 2.05) is 0 Å². The number of rotatable bonds is 3. The Hall–Kier alpha value is -2.49. The van der Waals surface area contributed by atoms with Crippen molar-refractivity contribution in [3.05, 3.63) is 48.0 Å². The molecule has 0 spiro atoms. The number of hydrogen-bond donors (Lipinski definition) is 2. The van der Waals surface area contributed by atoms with Gasteiger partial charge < -0.3 is 14.9 Å². The van der Waals surface area contributed by atoms with Gasteiger partial charge in [-0.05, 0) is 35.9 Å². The number of methoxy groups -OCH3 is 1. The van der Waals surface area contributed by atoms with E-state index in [1.165, 1.54) is 19.2 Å². The van der Waals surface area contributed by atoms with Crippen molar-refractivity contribution >= 4 is 5.97 Å². The molecule has 2 rings (SSSR count). The van der Waals surface area contributed by atoms with Crippen LogP contribution in [-0.4, -0.2) is 23.3 Å². The lowest BCUT2D eigenvalue weighted by Gasteiger charge is -2.10. The summed E-state index contributed by atoms with van der Waals surface area (Å²) in [6.45, 7) is 0. The van der Waals surface area contributed by atoms with E-state index in [0.717, 1.165) is 0 Å². The molecule has 0 radical (unpaired) electrons. The second kappa shape index (κ2) is 4.79. The molecule has 92 valence electrons. The highest BCUT2D eigenvalue weighted by molar-refractivity contribution is 5.90. The van der Waals surface area contributed by atoms with E-state index in [4.69, 9.17) is 9.84 Å². The summed E-state index contributed by atoms with van der Waals surface area (Å²) in [4.78, 5) is 11.0. The van der Waals surface area contributed by atoms with Crippen molar-refractivity contribution in [1.82, 2.24) is 0 Å². The van der Waals surface area contributed by atoms with E-state index >= 15 is 0 Å². The molecule has 0 aliphatic carbocycles. The maximum absolute atomic E-state index is 11.0. The molecule has 0 aromatic heterocycles. The molecule has 18 heavy (non-hydrogen) atoms. The van der Waals surface area contributed by atoms with Crippen molar-refractivity contribution in [3.8, 4) is 22.6 Å². The molecule has 2 aromatic carbocycles. The maximum atomic E-state index is 11.0. The second-order valence-corrected chi connectivity index (χ2v) is 3.77. The number of carbonyl (C=O) groups is 1. The summed E-state index contributed by atoms with van der Waals surface area (Å²) in [6, 6.07) is 11.2. The minimum absolute atomic E-state index is 0.121. The zero-order chi connectivity index (χ0) is 13.1. The van der Waals surface area contributed by atoms with Crippen molar-refractivity contribution in [3.63, 3.8) is 0 Å². The van der Waals surface area contributed by atoms with Crippen LogP contribution < -0.4 is 4.74 Å². The average Bonchev–Trinajstić information content (AvgIpc) is 2.38. The van der Waals surface area contributed by atoms with E-state index in [9.17, 15) is 9.90 Å². The summed E-state index contributed by atoms with van der Waals surface area (Å²) in [6.07, 6.45) is 0. The monoisotopic (exact) mass is 244 g/mol. The van der Waals surface area contributed by atoms with Gasteiger partial charge in [-0.25, -0.2) is 4.79 Å². The van der Waals surface area contributed by atoms with Crippen molar-refractivity contribution < 1.29 is 19.7 Å². The minimum Gasteiger partial charge on any atom is -0.508 e. The van der Waals surface area contributed by atoms with Gasteiger partial charge in [-0.3, -0.25) is 0 Å².